The average Bonchev–Trinajstić information content (AvgIpc) is 2.34. The monoisotopic (exact) mass is 283 g/mol. The first-order valence-corrected chi connectivity index (χ1v) is 5.65. The molecule has 18 heavy (non-hydrogen) atoms. The molecule has 1 N–H and O–H groups in total. The lowest BCUT2D eigenvalue weighted by Gasteiger charge is -2.08. The van der Waals surface area contributed by atoms with Gasteiger partial charge in [0.15, 0.2) is 0 Å². The maximum atomic E-state index is 10.7. The van der Waals surface area contributed by atoms with Gasteiger partial charge in [0, 0.05) is 6.20 Å². The van der Waals surface area contributed by atoms with E-state index in [4.69, 9.17) is 33.0 Å². The van der Waals surface area contributed by atoms with Crippen LogP contribution in [-0.4, -0.2) is 16.1 Å². The van der Waals surface area contributed by atoms with Gasteiger partial charge in [-0.1, -0.05) is 23.2 Å². The summed E-state index contributed by atoms with van der Waals surface area (Å²) < 4.78 is 5.41. The van der Waals surface area contributed by atoms with Crippen molar-refractivity contribution in [3.05, 3.63) is 52.1 Å². The van der Waals surface area contributed by atoms with Crippen LogP contribution >= 0.6 is 23.2 Å². The number of pyridine rings is 1. The fraction of sp³-hybridized carbons (Fsp3) is 0. The van der Waals surface area contributed by atoms with Gasteiger partial charge in [0.05, 0.1) is 10.6 Å². The van der Waals surface area contributed by atoms with E-state index in [9.17, 15) is 4.79 Å². The largest absolute Gasteiger partial charge is 0.478 e. The lowest BCUT2D eigenvalue weighted by atomic mass is 10.2. The molecular weight excluding hydrogens is 277 g/mol. The van der Waals surface area contributed by atoms with Gasteiger partial charge in [-0.25, -0.2) is 9.78 Å². The molecule has 0 unspecified atom stereocenters. The van der Waals surface area contributed by atoms with E-state index in [1.54, 1.807) is 12.1 Å². The molecule has 0 radical (unpaired) electrons. The first-order chi connectivity index (χ1) is 8.58. The minimum atomic E-state index is -1.06. The second kappa shape index (κ2) is 5.25. The van der Waals surface area contributed by atoms with Crippen LogP contribution in [0.4, 0.5) is 0 Å². The van der Waals surface area contributed by atoms with Crippen LogP contribution in [0, 0.1) is 0 Å². The van der Waals surface area contributed by atoms with Crippen molar-refractivity contribution in [3.63, 3.8) is 0 Å². The predicted molar refractivity (Wildman–Crippen MR) is 67.7 cm³/mol. The molecule has 0 fully saturated rings. The number of rotatable bonds is 3. The maximum Gasteiger partial charge on any atom is 0.335 e. The summed E-state index contributed by atoms with van der Waals surface area (Å²) in [6.07, 6.45) is 1.53. The summed E-state index contributed by atoms with van der Waals surface area (Å²) in [7, 11) is 0. The minimum absolute atomic E-state index is 0.0828. The van der Waals surface area contributed by atoms with Gasteiger partial charge in [-0.05, 0) is 30.3 Å². The van der Waals surface area contributed by atoms with Gasteiger partial charge in [-0.2, -0.15) is 0 Å². The van der Waals surface area contributed by atoms with Crippen LogP contribution in [0.1, 0.15) is 10.4 Å². The van der Waals surface area contributed by atoms with Crippen LogP contribution in [-0.2, 0) is 0 Å². The van der Waals surface area contributed by atoms with Crippen LogP contribution in [0.5, 0.6) is 11.6 Å². The van der Waals surface area contributed by atoms with Crippen LogP contribution < -0.4 is 4.74 Å². The van der Waals surface area contributed by atoms with Gasteiger partial charge in [0.1, 0.15) is 10.8 Å². The molecule has 0 aliphatic rings. The quantitative estimate of drug-likeness (QED) is 0.929. The van der Waals surface area contributed by atoms with Crippen molar-refractivity contribution in [2.45, 2.75) is 0 Å². The molecule has 0 bridgehead atoms. The average molecular weight is 284 g/mol. The summed E-state index contributed by atoms with van der Waals surface area (Å²) in [5, 5.41) is 9.32. The number of nitrogens with zero attached hydrogens (tertiary/aromatic N) is 1. The molecular formula is C12H7Cl2NO3. The van der Waals surface area contributed by atoms with Crippen molar-refractivity contribution in [1.82, 2.24) is 4.98 Å². The van der Waals surface area contributed by atoms with Crippen molar-refractivity contribution in [2.75, 3.05) is 0 Å². The van der Waals surface area contributed by atoms with E-state index in [1.807, 2.05) is 0 Å². The fourth-order valence-corrected chi connectivity index (χ4v) is 1.65. The van der Waals surface area contributed by atoms with Crippen molar-refractivity contribution in [2.24, 2.45) is 0 Å². The molecule has 0 spiro atoms. The summed E-state index contributed by atoms with van der Waals surface area (Å²) in [5.41, 5.74) is 0.0828. The number of carboxylic acid groups (broad SMARTS) is 1. The molecule has 0 aliphatic carbocycles. The van der Waals surface area contributed by atoms with E-state index < -0.39 is 5.97 Å². The zero-order valence-corrected chi connectivity index (χ0v) is 10.4. The van der Waals surface area contributed by atoms with E-state index >= 15 is 0 Å². The van der Waals surface area contributed by atoms with E-state index in [1.165, 1.54) is 24.4 Å². The van der Waals surface area contributed by atoms with E-state index in [0.717, 1.165) is 0 Å². The Hall–Kier alpha value is -1.78. The summed E-state index contributed by atoms with van der Waals surface area (Å²) >= 11 is 11.8. The number of hydrogen-bond acceptors (Lipinski definition) is 3. The van der Waals surface area contributed by atoms with Crippen molar-refractivity contribution >= 4 is 29.2 Å². The molecule has 0 amide bonds. The van der Waals surface area contributed by atoms with Gasteiger partial charge in [0.2, 0.25) is 5.88 Å². The van der Waals surface area contributed by atoms with Crippen molar-refractivity contribution in [1.29, 1.82) is 0 Å². The molecule has 0 saturated heterocycles. The number of ether oxygens (including phenoxy) is 1. The Morgan fingerprint density at radius 1 is 1.22 bits per heavy atom. The number of hydrogen-bond donors (Lipinski definition) is 1. The maximum absolute atomic E-state index is 10.7. The molecule has 4 nitrogen and oxygen atoms in total. The van der Waals surface area contributed by atoms with E-state index in [2.05, 4.69) is 4.98 Å². The van der Waals surface area contributed by atoms with Crippen LogP contribution in [0.15, 0.2) is 36.5 Å². The topological polar surface area (TPSA) is 59.4 Å². The molecule has 92 valence electrons. The lowest BCUT2D eigenvalue weighted by Crippen LogP contribution is -1.96. The number of carboxylic acids is 1. The van der Waals surface area contributed by atoms with Crippen LogP contribution in [0.3, 0.4) is 0 Å². The molecule has 0 saturated carbocycles. The second-order valence-electron chi connectivity index (χ2n) is 3.34. The highest BCUT2D eigenvalue weighted by Gasteiger charge is 2.10. The van der Waals surface area contributed by atoms with Gasteiger partial charge in [-0.15, -0.1) is 0 Å². The number of aromatic nitrogens is 1. The highest BCUT2D eigenvalue weighted by molar-refractivity contribution is 6.33. The molecule has 2 rings (SSSR count). The third-order valence-corrected chi connectivity index (χ3v) is 2.69. The van der Waals surface area contributed by atoms with Crippen molar-refractivity contribution in [3.8, 4) is 11.6 Å². The SMILES string of the molecule is O=C(O)c1ccc(Oc2ncccc2Cl)c(Cl)c1. The molecule has 6 heteroatoms. The van der Waals surface area contributed by atoms with Gasteiger partial charge >= 0.3 is 5.97 Å². The number of halogens is 2. The lowest BCUT2D eigenvalue weighted by molar-refractivity contribution is 0.0697. The Morgan fingerprint density at radius 3 is 2.61 bits per heavy atom. The van der Waals surface area contributed by atoms with Gasteiger partial charge in [-0.3, -0.25) is 0 Å². The Bertz CT molecular complexity index is 602. The molecule has 1 aromatic carbocycles. The first-order valence-electron chi connectivity index (χ1n) is 4.89. The van der Waals surface area contributed by atoms with E-state index in [-0.39, 0.29) is 16.5 Å². The van der Waals surface area contributed by atoms with Crippen LogP contribution in [0.25, 0.3) is 0 Å². The summed E-state index contributed by atoms with van der Waals surface area (Å²) in [6.45, 7) is 0. The minimum Gasteiger partial charge on any atom is -0.478 e. The predicted octanol–water partition coefficient (Wildman–Crippen LogP) is 3.88. The Morgan fingerprint density at radius 2 is 2.00 bits per heavy atom. The zero-order chi connectivity index (χ0) is 13.1. The normalized spacial score (nSPS) is 10.1. The third kappa shape index (κ3) is 2.72. The molecule has 1 aromatic heterocycles. The Labute approximate surface area is 113 Å². The third-order valence-electron chi connectivity index (χ3n) is 2.11. The second-order valence-corrected chi connectivity index (χ2v) is 4.16. The molecule has 0 atom stereocenters. The van der Waals surface area contributed by atoms with Gasteiger partial charge < -0.3 is 9.84 Å². The van der Waals surface area contributed by atoms with Crippen LogP contribution in [0.2, 0.25) is 10.0 Å². The molecule has 1 heterocycles. The fourth-order valence-electron chi connectivity index (χ4n) is 1.27. The summed E-state index contributed by atoms with van der Waals surface area (Å²) in [5.74, 6) is -0.550. The first kappa shape index (κ1) is 12.7. The van der Waals surface area contributed by atoms with Gasteiger partial charge in [0.25, 0.3) is 0 Å². The number of aromatic carboxylic acids is 1. The Balaban J connectivity index is 2.30. The standard InChI is InChI=1S/C12H7Cl2NO3/c13-8-2-1-5-15-11(8)18-10-4-3-7(12(16)17)6-9(10)14/h1-6H,(H,16,17). The Kier molecular flexibility index (Phi) is 3.69. The van der Waals surface area contributed by atoms with E-state index in [0.29, 0.717) is 10.8 Å². The highest BCUT2D eigenvalue weighted by atomic mass is 35.5. The summed E-state index contributed by atoms with van der Waals surface area (Å²) in [4.78, 5) is 14.7. The smallest absolute Gasteiger partial charge is 0.335 e. The summed E-state index contributed by atoms with van der Waals surface area (Å²) in [6, 6.07) is 7.45. The number of benzene rings is 1. The number of carbonyl (C=O) groups is 1. The molecule has 2 aromatic rings. The highest BCUT2D eigenvalue weighted by Crippen LogP contribution is 2.32. The molecule has 0 aliphatic heterocycles. The van der Waals surface area contributed by atoms with Crippen molar-refractivity contribution < 1.29 is 14.6 Å². The zero-order valence-electron chi connectivity index (χ0n) is 8.93.